The number of rotatable bonds is 5. The number of ether oxygens (including phenoxy) is 1. The average molecular weight is 205 g/mol. The molecule has 0 aliphatic heterocycles. The van der Waals surface area contributed by atoms with Crippen LogP contribution in [0.25, 0.3) is 0 Å². The highest BCUT2D eigenvalue weighted by molar-refractivity contribution is 5.28. The maximum Gasteiger partial charge on any atom is 0.119 e. The molecule has 2 heteroatoms. The van der Waals surface area contributed by atoms with E-state index in [1.54, 1.807) is 0 Å². The lowest BCUT2D eigenvalue weighted by atomic mass is 10.0. The van der Waals surface area contributed by atoms with Gasteiger partial charge in [0.25, 0.3) is 0 Å². The lowest BCUT2D eigenvalue weighted by Crippen LogP contribution is -2.12. The van der Waals surface area contributed by atoms with Crippen LogP contribution in [0.3, 0.4) is 0 Å². The normalized spacial score (nSPS) is 17.5. The highest BCUT2D eigenvalue weighted by atomic mass is 16.5. The van der Waals surface area contributed by atoms with E-state index in [-0.39, 0.29) is 0 Å². The Bertz CT molecular complexity index is 303. The van der Waals surface area contributed by atoms with Crippen LogP contribution in [0, 0.1) is 5.92 Å². The summed E-state index contributed by atoms with van der Waals surface area (Å²) in [5, 5.41) is 0. The van der Waals surface area contributed by atoms with Gasteiger partial charge >= 0.3 is 0 Å². The smallest absolute Gasteiger partial charge is 0.119 e. The summed E-state index contributed by atoms with van der Waals surface area (Å²) in [4.78, 5) is 0. The summed E-state index contributed by atoms with van der Waals surface area (Å²) in [6, 6.07) is 8.42. The zero-order valence-electron chi connectivity index (χ0n) is 9.28. The van der Waals surface area contributed by atoms with Crippen molar-refractivity contribution >= 4 is 0 Å². The number of hydrogen-bond acceptors (Lipinski definition) is 2. The van der Waals surface area contributed by atoms with Crippen LogP contribution in [0.15, 0.2) is 24.3 Å². The summed E-state index contributed by atoms with van der Waals surface area (Å²) < 4.78 is 5.69. The summed E-state index contributed by atoms with van der Waals surface area (Å²) in [6.45, 7) is 2.93. The Morgan fingerprint density at radius 3 is 2.53 bits per heavy atom. The highest BCUT2D eigenvalue weighted by Gasteiger charge is 2.23. The predicted octanol–water partition coefficient (Wildman–Crippen LogP) is 2.37. The Morgan fingerprint density at radius 1 is 1.33 bits per heavy atom. The van der Waals surface area contributed by atoms with Crippen LogP contribution in [0.1, 0.15) is 25.3 Å². The summed E-state index contributed by atoms with van der Waals surface area (Å²) in [5.41, 5.74) is 6.94. The van der Waals surface area contributed by atoms with Gasteiger partial charge in [0.15, 0.2) is 0 Å². The monoisotopic (exact) mass is 205 g/mol. The Kier molecular flexibility index (Phi) is 3.27. The van der Waals surface area contributed by atoms with Crippen LogP contribution in [-0.2, 0) is 6.42 Å². The molecule has 0 aromatic heterocycles. The Balaban J connectivity index is 1.90. The molecule has 1 aliphatic carbocycles. The summed E-state index contributed by atoms with van der Waals surface area (Å²) in [7, 11) is 0. The standard InChI is InChI=1S/C13H19NO/c1-10(9-14)8-11-2-4-12(5-3-11)15-13-6-7-13/h2-5,10,13H,6-9,14H2,1H3. The summed E-state index contributed by atoms with van der Waals surface area (Å²) in [5.74, 6) is 1.56. The Hall–Kier alpha value is -1.02. The van der Waals surface area contributed by atoms with E-state index >= 15 is 0 Å². The third kappa shape index (κ3) is 3.24. The van der Waals surface area contributed by atoms with Gasteiger partial charge in [-0.05, 0) is 49.4 Å². The van der Waals surface area contributed by atoms with Crippen LogP contribution in [-0.4, -0.2) is 12.6 Å². The van der Waals surface area contributed by atoms with Gasteiger partial charge < -0.3 is 10.5 Å². The fourth-order valence-corrected chi connectivity index (χ4v) is 1.57. The molecule has 1 unspecified atom stereocenters. The molecule has 1 saturated carbocycles. The number of hydrogen-bond donors (Lipinski definition) is 1. The molecule has 1 aliphatic rings. The zero-order valence-corrected chi connectivity index (χ0v) is 9.28. The maximum atomic E-state index is 5.69. The summed E-state index contributed by atoms with van der Waals surface area (Å²) in [6.07, 6.45) is 3.97. The quantitative estimate of drug-likeness (QED) is 0.801. The van der Waals surface area contributed by atoms with Crippen molar-refractivity contribution in [3.63, 3.8) is 0 Å². The maximum absolute atomic E-state index is 5.69. The van der Waals surface area contributed by atoms with E-state index in [4.69, 9.17) is 10.5 Å². The van der Waals surface area contributed by atoms with Crippen LogP contribution in [0.5, 0.6) is 5.75 Å². The van der Waals surface area contributed by atoms with Crippen molar-refractivity contribution in [1.82, 2.24) is 0 Å². The predicted molar refractivity (Wildman–Crippen MR) is 62.0 cm³/mol. The summed E-state index contributed by atoms with van der Waals surface area (Å²) >= 11 is 0. The molecule has 1 aromatic carbocycles. The molecule has 1 aromatic rings. The van der Waals surface area contributed by atoms with Gasteiger partial charge in [0.2, 0.25) is 0 Å². The first kappa shape index (κ1) is 10.5. The molecule has 0 heterocycles. The fraction of sp³-hybridized carbons (Fsp3) is 0.538. The minimum Gasteiger partial charge on any atom is -0.490 e. The van der Waals surface area contributed by atoms with Crippen LogP contribution >= 0.6 is 0 Å². The van der Waals surface area contributed by atoms with Gasteiger partial charge in [0, 0.05) is 0 Å². The molecule has 0 radical (unpaired) electrons. The molecule has 0 bridgehead atoms. The van der Waals surface area contributed by atoms with Crippen molar-refractivity contribution in [1.29, 1.82) is 0 Å². The molecule has 0 spiro atoms. The molecule has 1 atom stereocenters. The average Bonchev–Trinajstić information content (AvgIpc) is 3.05. The van der Waals surface area contributed by atoms with E-state index in [1.165, 1.54) is 18.4 Å². The van der Waals surface area contributed by atoms with Crippen LogP contribution in [0.2, 0.25) is 0 Å². The Labute approximate surface area is 91.4 Å². The Morgan fingerprint density at radius 2 is 2.00 bits per heavy atom. The first-order valence-electron chi connectivity index (χ1n) is 5.73. The minimum atomic E-state index is 0.485. The molecule has 2 N–H and O–H groups in total. The number of nitrogens with two attached hydrogens (primary N) is 1. The topological polar surface area (TPSA) is 35.2 Å². The van der Waals surface area contributed by atoms with E-state index in [2.05, 4.69) is 31.2 Å². The van der Waals surface area contributed by atoms with E-state index in [1.807, 2.05) is 0 Å². The first-order valence-corrected chi connectivity index (χ1v) is 5.73. The van der Waals surface area contributed by atoms with Crippen LogP contribution in [0.4, 0.5) is 0 Å². The number of benzene rings is 1. The zero-order chi connectivity index (χ0) is 10.7. The first-order chi connectivity index (χ1) is 7.28. The van der Waals surface area contributed by atoms with Gasteiger partial charge in [-0.15, -0.1) is 0 Å². The van der Waals surface area contributed by atoms with E-state index in [9.17, 15) is 0 Å². The third-order valence-corrected chi connectivity index (χ3v) is 2.74. The van der Waals surface area contributed by atoms with Crippen molar-refractivity contribution in [2.24, 2.45) is 11.7 Å². The molecule has 2 rings (SSSR count). The van der Waals surface area contributed by atoms with E-state index < -0.39 is 0 Å². The molecule has 0 amide bonds. The largest absolute Gasteiger partial charge is 0.490 e. The van der Waals surface area contributed by atoms with Crippen molar-refractivity contribution < 1.29 is 4.74 Å². The molecule has 15 heavy (non-hydrogen) atoms. The second-order valence-electron chi connectivity index (χ2n) is 4.51. The highest BCUT2D eigenvalue weighted by Crippen LogP contribution is 2.26. The van der Waals surface area contributed by atoms with Gasteiger partial charge in [0.05, 0.1) is 6.10 Å². The van der Waals surface area contributed by atoms with Gasteiger partial charge in [-0.2, -0.15) is 0 Å². The van der Waals surface area contributed by atoms with E-state index in [0.717, 1.165) is 18.7 Å². The van der Waals surface area contributed by atoms with Gasteiger partial charge in [-0.1, -0.05) is 19.1 Å². The molecular weight excluding hydrogens is 186 g/mol. The second-order valence-corrected chi connectivity index (χ2v) is 4.51. The molecule has 0 saturated heterocycles. The molecule has 1 fully saturated rings. The fourth-order valence-electron chi connectivity index (χ4n) is 1.57. The SMILES string of the molecule is CC(CN)Cc1ccc(OC2CC2)cc1. The van der Waals surface area contributed by atoms with Crippen molar-refractivity contribution in [3.8, 4) is 5.75 Å². The molecular formula is C13H19NO. The molecule has 82 valence electrons. The van der Waals surface area contributed by atoms with Crippen molar-refractivity contribution in [3.05, 3.63) is 29.8 Å². The second kappa shape index (κ2) is 4.67. The van der Waals surface area contributed by atoms with Gasteiger partial charge in [-0.25, -0.2) is 0 Å². The van der Waals surface area contributed by atoms with Crippen LogP contribution < -0.4 is 10.5 Å². The third-order valence-electron chi connectivity index (χ3n) is 2.74. The van der Waals surface area contributed by atoms with Crippen molar-refractivity contribution in [2.75, 3.05) is 6.54 Å². The lowest BCUT2D eigenvalue weighted by Gasteiger charge is -2.09. The lowest BCUT2D eigenvalue weighted by molar-refractivity contribution is 0.303. The van der Waals surface area contributed by atoms with Crippen molar-refractivity contribution in [2.45, 2.75) is 32.3 Å². The molecule has 2 nitrogen and oxygen atoms in total. The van der Waals surface area contributed by atoms with Gasteiger partial charge in [0.1, 0.15) is 5.75 Å². The minimum absolute atomic E-state index is 0.485. The van der Waals surface area contributed by atoms with E-state index in [0.29, 0.717) is 12.0 Å². The van der Waals surface area contributed by atoms with Gasteiger partial charge in [-0.3, -0.25) is 0 Å².